The van der Waals surface area contributed by atoms with Crippen LogP contribution in [0.3, 0.4) is 0 Å². The summed E-state index contributed by atoms with van der Waals surface area (Å²) in [5.41, 5.74) is 3.62. The van der Waals surface area contributed by atoms with Crippen LogP contribution in [0.5, 0.6) is 5.75 Å². The number of nitrogens with zero attached hydrogens (tertiary/aromatic N) is 2. The van der Waals surface area contributed by atoms with E-state index in [1.807, 2.05) is 0 Å². The van der Waals surface area contributed by atoms with Gasteiger partial charge in [-0.25, -0.2) is 4.98 Å². The molecule has 166 valence electrons. The van der Waals surface area contributed by atoms with E-state index in [1.54, 1.807) is 12.3 Å². The molecule has 3 aromatic rings. The average molecular weight is 430 g/mol. The number of aromatic hydroxyl groups is 1. The number of unbranched alkanes of at least 4 members (excludes halogenated alkanes) is 1. The summed E-state index contributed by atoms with van der Waals surface area (Å²) in [7, 11) is 0. The Morgan fingerprint density at radius 1 is 1.03 bits per heavy atom. The van der Waals surface area contributed by atoms with Crippen LogP contribution in [0.25, 0.3) is 0 Å². The van der Waals surface area contributed by atoms with Gasteiger partial charge in [-0.05, 0) is 48.6 Å². The highest BCUT2D eigenvalue weighted by atomic mass is 16.3. The molecule has 1 saturated heterocycles. The molecule has 0 saturated carbocycles. The van der Waals surface area contributed by atoms with Crippen molar-refractivity contribution >= 4 is 6.29 Å². The summed E-state index contributed by atoms with van der Waals surface area (Å²) in [6.07, 6.45) is 4.93. The predicted octanol–water partition coefficient (Wildman–Crippen LogP) is 4.03. The Kier molecular flexibility index (Phi) is 7.64. The highest BCUT2D eigenvalue weighted by Gasteiger charge is 2.31. The molecule has 0 spiro atoms. The lowest BCUT2D eigenvalue weighted by atomic mass is 9.83. The van der Waals surface area contributed by atoms with Gasteiger partial charge in [0.1, 0.15) is 11.4 Å². The summed E-state index contributed by atoms with van der Waals surface area (Å²) in [5.74, 6) is 0.334. The van der Waals surface area contributed by atoms with Crippen LogP contribution in [0.1, 0.15) is 45.9 Å². The van der Waals surface area contributed by atoms with E-state index in [0.29, 0.717) is 18.2 Å². The van der Waals surface area contributed by atoms with Gasteiger partial charge in [0.25, 0.3) is 0 Å². The number of aryl methyl sites for hydroxylation is 1. The highest BCUT2D eigenvalue weighted by Crippen LogP contribution is 2.32. The monoisotopic (exact) mass is 429 g/mol. The molecule has 32 heavy (non-hydrogen) atoms. The summed E-state index contributed by atoms with van der Waals surface area (Å²) in [6, 6.07) is 23.8. The van der Waals surface area contributed by atoms with Crippen LogP contribution in [0.15, 0.2) is 72.9 Å². The van der Waals surface area contributed by atoms with Crippen molar-refractivity contribution in [3.63, 3.8) is 0 Å². The number of benzene rings is 2. The molecule has 2 aromatic carbocycles. The van der Waals surface area contributed by atoms with E-state index in [-0.39, 0.29) is 11.4 Å². The maximum Gasteiger partial charge on any atom is 0.172 e. The van der Waals surface area contributed by atoms with Gasteiger partial charge in [-0.2, -0.15) is 0 Å². The van der Waals surface area contributed by atoms with Crippen molar-refractivity contribution in [3.8, 4) is 5.75 Å². The lowest BCUT2D eigenvalue weighted by molar-refractivity contribution is 0.111. The predicted molar refractivity (Wildman–Crippen MR) is 127 cm³/mol. The highest BCUT2D eigenvalue weighted by molar-refractivity contribution is 5.76. The molecule has 1 aliphatic rings. The Morgan fingerprint density at radius 2 is 1.72 bits per heavy atom. The van der Waals surface area contributed by atoms with E-state index in [2.05, 4.69) is 75.9 Å². The van der Waals surface area contributed by atoms with Gasteiger partial charge in [-0.3, -0.25) is 9.69 Å². The normalized spacial score (nSPS) is 16.8. The Balaban J connectivity index is 1.45. The lowest BCUT2D eigenvalue weighted by Gasteiger charge is -2.41. The minimum Gasteiger partial charge on any atom is -0.505 e. The Hall–Kier alpha value is -3.02. The maximum atomic E-state index is 11.0. The molecule has 4 rings (SSSR count). The molecule has 0 bridgehead atoms. The fraction of sp³-hybridized carbons (Fsp3) is 0.333. The summed E-state index contributed by atoms with van der Waals surface area (Å²) in [5, 5.41) is 13.8. The van der Waals surface area contributed by atoms with Crippen LogP contribution < -0.4 is 5.32 Å². The van der Waals surface area contributed by atoms with Crippen LogP contribution >= 0.6 is 0 Å². The molecule has 1 unspecified atom stereocenters. The van der Waals surface area contributed by atoms with Gasteiger partial charge in [0.15, 0.2) is 6.29 Å². The second kappa shape index (κ2) is 11.0. The molecule has 2 heterocycles. The third-order valence-corrected chi connectivity index (χ3v) is 6.39. The second-order valence-electron chi connectivity index (χ2n) is 8.39. The largest absolute Gasteiger partial charge is 0.505 e. The first-order chi connectivity index (χ1) is 15.8. The van der Waals surface area contributed by atoms with Gasteiger partial charge < -0.3 is 10.4 Å². The van der Waals surface area contributed by atoms with Crippen LogP contribution in [0.2, 0.25) is 0 Å². The Bertz CT molecular complexity index is 955. The first-order valence-electron chi connectivity index (χ1n) is 11.4. The van der Waals surface area contributed by atoms with Gasteiger partial charge in [0, 0.05) is 37.8 Å². The molecule has 1 aliphatic heterocycles. The number of aldehydes is 1. The number of carbonyl (C=O) groups is 1. The van der Waals surface area contributed by atoms with Gasteiger partial charge in [0.2, 0.25) is 0 Å². The van der Waals surface area contributed by atoms with Gasteiger partial charge in [-0.1, -0.05) is 60.7 Å². The third kappa shape index (κ3) is 5.23. The van der Waals surface area contributed by atoms with E-state index in [1.165, 1.54) is 11.1 Å². The van der Waals surface area contributed by atoms with Crippen LogP contribution in [-0.4, -0.2) is 53.5 Å². The smallest absolute Gasteiger partial charge is 0.172 e. The fourth-order valence-corrected chi connectivity index (χ4v) is 4.76. The topological polar surface area (TPSA) is 65.5 Å². The van der Waals surface area contributed by atoms with Crippen molar-refractivity contribution in [1.82, 2.24) is 15.2 Å². The molecule has 5 nitrogen and oxygen atoms in total. The average Bonchev–Trinajstić information content (AvgIpc) is 2.85. The van der Waals surface area contributed by atoms with Crippen LogP contribution in [0.4, 0.5) is 0 Å². The maximum absolute atomic E-state index is 11.0. The fourth-order valence-electron chi connectivity index (χ4n) is 4.76. The summed E-state index contributed by atoms with van der Waals surface area (Å²) in [6.45, 7) is 3.99. The molecule has 0 radical (unpaired) electrons. The first-order valence-corrected chi connectivity index (χ1v) is 11.4. The number of nitrogens with one attached hydrogen (secondary N) is 1. The zero-order valence-corrected chi connectivity index (χ0v) is 18.4. The van der Waals surface area contributed by atoms with Crippen molar-refractivity contribution < 1.29 is 9.90 Å². The molecule has 1 fully saturated rings. The van der Waals surface area contributed by atoms with E-state index in [4.69, 9.17) is 0 Å². The molecule has 1 atom stereocenters. The lowest BCUT2D eigenvalue weighted by Crippen LogP contribution is -2.54. The standard InChI is InChI=1S/C27H31N3O2/c31-20-24-27(32)23(14-15-29-24)13-7-8-17-30-18-16-28-19-25(30)26(21-9-3-1-4-10-21)22-11-5-2-6-12-22/h1-6,9-12,14-15,20,25-26,28,32H,7-8,13,16-19H2. The molecule has 1 aromatic heterocycles. The summed E-state index contributed by atoms with van der Waals surface area (Å²) in [4.78, 5) is 17.5. The number of pyridine rings is 1. The van der Waals surface area contributed by atoms with E-state index < -0.39 is 0 Å². The van der Waals surface area contributed by atoms with Crippen molar-refractivity contribution in [2.75, 3.05) is 26.2 Å². The van der Waals surface area contributed by atoms with Gasteiger partial charge in [-0.15, -0.1) is 0 Å². The molecular formula is C27H31N3O2. The quantitative estimate of drug-likeness (QED) is 0.397. The minimum absolute atomic E-state index is 0.0239. The molecular weight excluding hydrogens is 398 g/mol. The van der Waals surface area contributed by atoms with E-state index in [0.717, 1.165) is 51.0 Å². The van der Waals surface area contributed by atoms with Crippen LogP contribution in [0, 0.1) is 0 Å². The van der Waals surface area contributed by atoms with Crippen molar-refractivity contribution in [2.45, 2.75) is 31.2 Å². The number of hydrogen-bond donors (Lipinski definition) is 2. The number of aromatic nitrogens is 1. The van der Waals surface area contributed by atoms with Gasteiger partial charge >= 0.3 is 0 Å². The number of hydrogen-bond acceptors (Lipinski definition) is 5. The third-order valence-electron chi connectivity index (χ3n) is 6.39. The Labute approximate surface area is 190 Å². The van der Waals surface area contributed by atoms with Crippen molar-refractivity contribution in [2.24, 2.45) is 0 Å². The molecule has 2 N–H and O–H groups in total. The van der Waals surface area contributed by atoms with E-state index >= 15 is 0 Å². The second-order valence-corrected chi connectivity index (χ2v) is 8.39. The van der Waals surface area contributed by atoms with E-state index in [9.17, 15) is 9.90 Å². The zero-order valence-electron chi connectivity index (χ0n) is 18.4. The van der Waals surface area contributed by atoms with Crippen molar-refractivity contribution in [3.05, 3.63) is 95.3 Å². The zero-order chi connectivity index (χ0) is 22.2. The number of rotatable bonds is 9. The van der Waals surface area contributed by atoms with Crippen molar-refractivity contribution in [1.29, 1.82) is 0 Å². The molecule has 5 heteroatoms. The molecule has 0 amide bonds. The summed E-state index contributed by atoms with van der Waals surface area (Å²) >= 11 is 0. The number of piperazine rings is 1. The Morgan fingerprint density at radius 3 is 2.38 bits per heavy atom. The SMILES string of the molecule is O=Cc1nccc(CCCCN2CCNCC2C(c2ccccc2)c2ccccc2)c1O. The minimum atomic E-state index is 0.0239. The first kappa shape index (κ1) is 22.2. The van der Waals surface area contributed by atoms with Gasteiger partial charge in [0.05, 0.1) is 0 Å². The molecule has 0 aliphatic carbocycles. The van der Waals surface area contributed by atoms with Crippen LogP contribution in [-0.2, 0) is 6.42 Å². The number of carbonyl (C=O) groups excluding carboxylic acids is 1. The summed E-state index contributed by atoms with van der Waals surface area (Å²) < 4.78 is 0.